The molecule has 7 heteroatoms. The lowest BCUT2D eigenvalue weighted by Crippen LogP contribution is -2.53. The summed E-state index contributed by atoms with van der Waals surface area (Å²) < 4.78 is 0. The van der Waals surface area contributed by atoms with E-state index in [1.807, 2.05) is 25.7 Å². The van der Waals surface area contributed by atoms with Crippen molar-refractivity contribution in [1.82, 2.24) is 19.8 Å². The van der Waals surface area contributed by atoms with E-state index in [0.717, 1.165) is 13.1 Å². The number of amides is 1. The second kappa shape index (κ2) is 6.36. The SMILES string of the molecule is CC(C)c1ncc(NN)c(C(=O)N2CCN(C)CC2C)n1. The van der Waals surface area contributed by atoms with Gasteiger partial charge in [0.25, 0.3) is 5.91 Å². The van der Waals surface area contributed by atoms with Gasteiger partial charge in [0.2, 0.25) is 0 Å². The molecule has 1 saturated heterocycles. The molecule has 21 heavy (non-hydrogen) atoms. The third-order valence-corrected chi connectivity index (χ3v) is 3.77. The summed E-state index contributed by atoms with van der Waals surface area (Å²) in [5, 5.41) is 0. The van der Waals surface area contributed by atoms with E-state index in [1.165, 1.54) is 0 Å². The Hall–Kier alpha value is -1.73. The first kappa shape index (κ1) is 15.7. The lowest BCUT2D eigenvalue weighted by atomic mass is 10.1. The van der Waals surface area contributed by atoms with Crippen LogP contribution >= 0.6 is 0 Å². The van der Waals surface area contributed by atoms with Crippen LogP contribution in [-0.2, 0) is 0 Å². The lowest BCUT2D eigenvalue weighted by Gasteiger charge is -2.38. The van der Waals surface area contributed by atoms with E-state index in [-0.39, 0.29) is 17.9 Å². The molecule has 0 saturated carbocycles. The number of nitrogen functional groups attached to an aromatic ring is 1. The predicted octanol–water partition coefficient (Wildman–Crippen LogP) is 0.662. The summed E-state index contributed by atoms with van der Waals surface area (Å²) in [6.45, 7) is 8.47. The van der Waals surface area contributed by atoms with Gasteiger partial charge in [0, 0.05) is 31.6 Å². The number of anilines is 1. The third kappa shape index (κ3) is 3.30. The minimum atomic E-state index is -0.0900. The Morgan fingerprint density at radius 2 is 2.19 bits per heavy atom. The minimum Gasteiger partial charge on any atom is -0.332 e. The average Bonchev–Trinajstić information content (AvgIpc) is 2.45. The van der Waals surface area contributed by atoms with Gasteiger partial charge < -0.3 is 15.2 Å². The van der Waals surface area contributed by atoms with Gasteiger partial charge in [-0.3, -0.25) is 10.6 Å². The van der Waals surface area contributed by atoms with Crippen molar-refractivity contribution in [1.29, 1.82) is 0 Å². The van der Waals surface area contributed by atoms with Crippen LogP contribution in [0.15, 0.2) is 6.20 Å². The van der Waals surface area contributed by atoms with E-state index in [1.54, 1.807) is 6.20 Å². The van der Waals surface area contributed by atoms with Gasteiger partial charge in [0.05, 0.1) is 11.9 Å². The van der Waals surface area contributed by atoms with Crippen LogP contribution in [0.1, 0.15) is 43.0 Å². The molecule has 0 radical (unpaired) electrons. The molecule has 1 aliphatic heterocycles. The first-order chi connectivity index (χ1) is 9.93. The summed E-state index contributed by atoms with van der Waals surface area (Å²) in [5.74, 6) is 6.21. The second-order valence-corrected chi connectivity index (χ2v) is 5.90. The minimum absolute atomic E-state index is 0.0900. The molecule has 116 valence electrons. The molecule has 1 fully saturated rings. The van der Waals surface area contributed by atoms with Crippen LogP contribution in [0.4, 0.5) is 5.69 Å². The predicted molar refractivity (Wildman–Crippen MR) is 81.9 cm³/mol. The van der Waals surface area contributed by atoms with Crippen LogP contribution in [0, 0.1) is 0 Å². The maximum atomic E-state index is 12.8. The van der Waals surface area contributed by atoms with Gasteiger partial charge in [-0.1, -0.05) is 13.8 Å². The normalized spacial score (nSPS) is 19.9. The molecule has 7 nitrogen and oxygen atoms in total. The van der Waals surface area contributed by atoms with E-state index in [4.69, 9.17) is 5.84 Å². The fourth-order valence-electron chi connectivity index (χ4n) is 2.52. The van der Waals surface area contributed by atoms with E-state index in [0.29, 0.717) is 23.8 Å². The summed E-state index contributed by atoms with van der Waals surface area (Å²) in [4.78, 5) is 25.5. The van der Waals surface area contributed by atoms with Gasteiger partial charge in [0.15, 0.2) is 5.69 Å². The highest BCUT2D eigenvalue weighted by atomic mass is 16.2. The smallest absolute Gasteiger partial charge is 0.275 e. The molecule has 3 N–H and O–H groups in total. The monoisotopic (exact) mass is 292 g/mol. The van der Waals surface area contributed by atoms with Crippen molar-refractivity contribution < 1.29 is 4.79 Å². The zero-order valence-electron chi connectivity index (χ0n) is 13.1. The van der Waals surface area contributed by atoms with Crippen molar-refractivity contribution in [2.75, 3.05) is 32.1 Å². The van der Waals surface area contributed by atoms with Gasteiger partial charge in [-0.05, 0) is 14.0 Å². The van der Waals surface area contributed by atoms with Crippen LogP contribution in [0.5, 0.6) is 0 Å². The number of nitrogens with two attached hydrogens (primary N) is 1. The van der Waals surface area contributed by atoms with Gasteiger partial charge in [-0.25, -0.2) is 9.97 Å². The fourth-order valence-corrected chi connectivity index (χ4v) is 2.52. The summed E-state index contributed by atoms with van der Waals surface area (Å²) in [7, 11) is 2.06. The molecular weight excluding hydrogens is 268 g/mol. The topological polar surface area (TPSA) is 87.4 Å². The van der Waals surface area contributed by atoms with Crippen molar-refractivity contribution in [3.05, 3.63) is 17.7 Å². The molecule has 1 aromatic heterocycles. The number of carbonyl (C=O) groups is 1. The number of rotatable bonds is 3. The molecule has 0 bridgehead atoms. The van der Waals surface area contributed by atoms with Gasteiger partial charge >= 0.3 is 0 Å². The van der Waals surface area contributed by atoms with Gasteiger partial charge in [0.1, 0.15) is 5.82 Å². The third-order valence-electron chi connectivity index (χ3n) is 3.77. The first-order valence-corrected chi connectivity index (χ1v) is 7.27. The number of hydrogen-bond donors (Lipinski definition) is 2. The molecular formula is C14H24N6O. The van der Waals surface area contributed by atoms with Gasteiger partial charge in [-0.15, -0.1) is 0 Å². The highest BCUT2D eigenvalue weighted by molar-refractivity contribution is 5.97. The van der Waals surface area contributed by atoms with Crippen molar-refractivity contribution in [2.45, 2.75) is 32.7 Å². The van der Waals surface area contributed by atoms with E-state index < -0.39 is 0 Å². The summed E-state index contributed by atoms with van der Waals surface area (Å²) in [6, 6.07) is 0.152. The van der Waals surface area contributed by atoms with Crippen LogP contribution in [0.3, 0.4) is 0 Å². The average molecular weight is 292 g/mol. The number of piperazine rings is 1. The van der Waals surface area contributed by atoms with Crippen LogP contribution < -0.4 is 11.3 Å². The highest BCUT2D eigenvalue weighted by Crippen LogP contribution is 2.19. The molecule has 1 amide bonds. The van der Waals surface area contributed by atoms with E-state index in [9.17, 15) is 4.79 Å². The van der Waals surface area contributed by atoms with Crippen LogP contribution in [0.25, 0.3) is 0 Å². The molecule has 1 aliphatic rings. The summed E-state index contributed by atoms with van der Waals surface area (Å²) >= 11 is 0. The Morgan fingerprint density at radius 3 is 2.76 bits per heavy atom. The largest absolute Gasteiger partial charge is 0.332 e. The first-order valence-electron chi connectivity index (χ1n) is 7.27. The quantitative estimate of drug-likeness (QED) is 0.628. The van der Waals surface area contributed by atoms with Crippen LogP contribution in [0.2, 0.25) is 0 Å². The van der Waals surface area contributed by atoms with Gasteiger partial charge in [-0.2, -0.15) is 0 Å². The molecule has 0 aromatic carbocycles. The number of nitrogens with one attached hydrogen (secondary N) is 1. The molecule has 0 aliphatic carbocycles. The summed E-state index contributed by atoms with van der Waals surface area (Å²) in [5.41, 5.74) is 3.34. The van der Waals surface area contributed by atoms with E-state index >= 15 is 0 Å². The number of aromatic nitrogens is 2. The zero-order valence-corrected chi connectivity index (χ0v) is 13.1. The molecule has 0 spiro atoms. The van der Waals surface area contributed by atoms with E-state index in [2.05, 4.69) is 27.3 Å². The lowest BCUT2D eigenvalue weighted by molar-refractivity contribution is 0.0528. The van der Waals surface area contributed by atoms with Crippen molar-refractivity contribution >= 4 is 11.6 Å². The van der Waals surface area contributed by atoms with Crippen molar-refractivity contribution in [3.63, 3.8) is 0 Å². The Kier molecular flexibility index (Phi) is 4.74. The Labute approximate surface area is 125 Å². The molecule has 2 heterocycles. The standard InChI is InChI=1S/C14H24N6O/c1-9(2)13-16-7-11(18-15)12(17-13)14(21)20-6-5-19(4)8-10(20)3/h7,9-10,18H,5-6,8,15H2,1-4H3. The second-order valence-electron chi connectivity index (χ2n) is 5.90. The number of nitrogens with zero attached hydrogens (tertiary/aromatic N) is 4. The maximum absolute atomic E-state index is 12.8. The highest BCUT2D eigenvalue weighted by Gasteiger charge is 2.29. The zero-order chi connectivity index (χ0) is 15.6. The molecule has 2 rings (SSSR count). The van der Waals surface area contributed by atoms with Crippen molar-refractivity contribution in [2.24, 2.45) is 5.84 Å². The summed E-state index contributed by atoms with van der Waals surface area (Å²) in [6.07, 6.45) is 1.58. The maximum Gasteiger partial charge on any atom is 0.275 e. The molecule has 1 atom stereocenters. The molecule has 1 unspecified atom stereocenters. The Bertz CT molecular complexity index is 518. The fraction of sp³-hybridized carbons (Fsp3) is 0.643. The van der Waals surface area contributed by atoms with Crippen LogP contribution in [-0.4, -0.2) is 58.4 Å². The molecule has 1 aromatic rings. The number of hydrogen-bond acceptors (Lipinski definition) is 6. The number of likely N-dealkylation sites (N-methyl/N-ethyl adjacent to an activating group) is 1. The Balaban J connectivity index is 2.31. The number of hydrazine groups is 1. The Morgan fingerprint density at radius 1 is 1.48 bits per heavy atom. The van der Waals surface area contributed by atoms with Crippen molar-refractivity contribution in [3.8, 4) is 0 Å². The number of carbonyl (C=O) groups excluding carboxylic acids is 1.